The fourth-order valence-corrected chi connectivity index (χ4v) is 3.38. The van der Waals surface area contributed by atoms with Gasteiger partial charge in [0.05, 0.1) is 19.1 Å². The minimum absolute atomic E-state index is 0.00474. The number of ether oxygens (including phenoxy) is 2. The molecule has 0 amide bonds. The first-order valence-corrected chi connectivity index (χ1v) is 8.91. The third-order valence-electron chi connectivity index (χ3n) is 3.54. The van der Waals surface area contributed by atoms with Crippen LogP contribution in [0.4, 0.5) is 4.39 Å². The minimum atomic E-state index is -3.75. The fourth-order valence-electron chi connectivity index (χ4n) is 2.29. The van der Waals surface area contributed by atoms with Crippen molar-refractivity contribution in [1.29, 1.82) is 0 Å². The highest BCUT2D eigenvalue weighted by Crippen LogP contribution is 2.21. The van der Waals surface area contributed by atoms with Gasteiger partial charge in [-0.15, -0.1) is 0 Å². The summed E-state index contributed by atoms with van der Waals surface area (Å²) in [5, 5.41) is 0. The van der Waals surface area contributed by atoms with Gasteiger partial charge in [-0.05, 0) is 42.7 Å². The molecule has 0 heterocycles. The van der Waals surface area contributed by atoms with E-state index in [0.717, 1.165) is 17.4 Å². The monoisotopic (exact) mass is 353 g/mol. The summed E-state index contributed by atoms with van der Waals surface area (Å²) >= 11 is 0. The lowest BCUT2D eigenvalue weighted by molar-refractivity contribution is 0.385. The molecule has 24 heavy (non-hydrogen) atoms. The molecule has 1 N–H and O–H groups in total. The molecule has 0 aliphatic rings. The summed E-state index contributed by atoms with van der Waals surface area (Å²) in [7, 11) is -0.836. The second-order valence-electron chi connectivity index (χ2n) is 5.11. The Balaban J connectivity index is 1.94. The van der Waals surface area contributed by atoms with E-state index >= 15 is 0 Å². The number of rotatable bonds is 8. The Morgan fingerprint density at radius 3 is 2.42 bits per heavy atom. The van der Waals surface area contributed by atoms with Crippen molar-refractivity contribution >= 4 is 10.0 Å². The van der Waals surface area contributed by atoms with E-state index in [4.69, 9.17) is 9.47 Å². The van der Waals surface area contributed by atoms with E-state index in [9.17, 15) is 12.8 Å². The maximum atomic E-state index is 13.6. The van der Waals surface area contributed by atoms with Crippen LogP contribution in [0, 0.1) is 5.82 Å². The van der Waals surface area contributed by atoms with Crippen LogP contribution in [0.1, 0.15) is 12.0 Å². The molecule has 0 unspecified atom stereocenters. The molecule has 0 aromatic heterocycles. The second-order valence-corrected chi connectivity index (χ2v) is 6.88. The lowest BCUT2D eigenvalue weighted by atomic mass is 10.1. The van der Waals surface area contributed by atoms with Crippen molar-refractivity contribution in [3.8, 4) is 11.5 Å². The van der Waals surface area contributed by atoms with Gasteiger partial charge in [0.1, 0.15) is 5.75 Å². The van der Waals surface area contributed by atoms with E-state index in [1.165, 1.54) is 19.2 Å². The molecule has 0 atom stereocenters. The number of sulfonamides is 1. The van der Waals surface area contributed by atoms with E-state index in [-0.39, 0.29) is 17.2 Å². The summed E-state index contributed by atoms with van der Waals surface area (Å²) in [5.41, 5.74) is 1.01. The maximum absolute atomic E-state index is 13.6. The van der Waals surface area contributed by atoms with Crippen molar-refractivity contribution in [2.75, 3.05) is 20.8 Å². The molecule has 5 nitrogen and oxygen atoms in total. The number of hydrogen-bond donors (Lipinski definition) is 1. The van der Waals surface area contributed by atoms with Crippen molar-refractivity contribution in [2.45, 2.75) is 17.7 Å². The first kappa shape index (κ1) is 18.2. The van der Waals surface area contributed by atoms with Gasteiger partial charge < -0.3 is 9.47 Å². The zero-order chi connectivity index (χ0) is 17.6. The average Bonchev–Trinajstić information content (AvgIpc) is 2.59. The highest BCUT2D eigenvalue weighted by Gasteiger charge is 2.16. The van der Waals surface area contributed by atoms with Gasteiger partial charge in [-0.3, -0.25) is 0 Å². The number of para-hydroxylation sites is 1. The lowest BCUT2D eigenvalue weighted by Crippen LogP contribution is -2.25. The summed E-state index contributed by atoms with van der Waals surface area (Å²) < 4.78 is 50.5. The Hall–Kier alpha value is -2.12. The van der Waals surface area contributed by atoms with Crippen molar-refractivity contribution in [1.82, 2.24) is 4.72 Å². The Morgan fingerprint density at radius 1 is 1.04 bits per heavy atom. The topological polar surface area (TPSA) is 64.6 Å². The van der Waals surface area contributed by atoms with Crippen LogP contribution >= 0.6 is 0 Å². The minimum Gasteiger partial charge on any atom is -0.496 e. The predicted octanol–water partition coefficient (Wildman–Crippen LogP) is 2.75. The van der Waals surface area contributed by atoms with Crippen molar-refractivity contribution in [3.63, 3.8) is 0 Å². The maximum Gasteiger partial charge on any atom is 0.240 e. The third-order valence-corrected chi connectivity index (χ3v) is 5.00. The van der Waals surface area contributed by atoms with Crippen LogP contribution in [-0.4, -0.2) is 29.2 Å². The average molecular weight is 353 g/mol. The van der Waals surface area contributed by atoms with Crippen molar-refractivity contribution in [2.24, 2.45) is 0 Å². The summed E-state index contributed by atoms with van der Waals surface area (Å²) in [6, 6.07) is 11.1. The molecular weight excluding hydrogens is 333 g/mol. The van der Waals surface area contributed by atoms with E-state index in [1.807, 2.05) is 24.3 Å². The normalized spacial score (nSPS) is 11.3. The zero-order valence-electron chi connectivity index (χ0n) is 13.6. The Labute approximate surface area is 141 Å². The summed E-state index contributed by atoms with van der Waals surface area (Å²) in [4.78, 5) is -0.127. The zero-order valence-corrected chi connectivity index (χ0v) is 14.4. The second kappa shape index (κ2) is 8.12. The molecule has 2 rings (SSSR count). The lowest BCUT2D eigenvalue weighted by Gasteiger charge is -2.10. The molecule has 2 aromatic carbocycles. The third kappa shape index (κ3) is 4.46. The largest absolute Gasteiger partial charge is 0.496 e. The number of nitrogens with one attached hydrogen (secondary N) is 1. The quantitative estimate of drug-likeness (QED) is 0.741. The van der Waals surface area contributed by atoms with Crippen LogP contribution < -0.4 is 14.2 Å². The highest BCUT2D eigenvalue weighted by atomic mass is 32.2. The Kier molecular flexibility index (Phi) is 6.16. The van der Waals surface area contributed by atoms with Gasteiger partial charge in [0.15, 0.2) is 11.6 Å². The van der Waals surface area contributed by atoms with Crippen LogP contribution in [0.25, 0.3) is 0 Å². The number of methoxy groups -OCH3 is 2. The van der Waals surface area contributed by atoms with Gasteiger partial charge in [-0.2, -0.15) is 0 Å². The smallest absolute Gasteiger partial charge is 0.240 e. The van der Waals surface area contributed by atoms with Crippen molar-refractivity contribution in [3.05, 3.63) is 53.8 Å². The van der Waals surface area contributed by atoms with Gasteiger partial charge >= 0.3 is 0 Å². The molecule has 0 radical (unpaired) electrons. The summed E-state index contributed by atoms with van der Waals surface area (Å²) in [6.07, 6.45) is 1.27. The Bertz CT molecular complexity index is 793. The van der Waals surface area contributed by atoms with Crippen LogP contribution in [0.5, 0.6) is 11.5 Å². The Morgan fingerprint density at radius 2 is 1.75 bits per heavy atom. The first-order valence-electron chi connectivity index (χ1n) is 7.43. The number of halogens is 1. The molecular formula is C17H20FNO4S. The van der Waals surface area contributed by atoms with Gasteiger partial charge in [0, 0.05) is 6.54 Å². The number of hydrogen-bond acceptors (Lipinski definition) is 4. The molecule has 2 aromatic rings. The molecule has 0 spiro atoms. The molecule has 130 valence electrons. The van der Waals surface area contributed by atoms with Gasteiger partial charge in [-0.1, -0.05) is 18.2 Å². The predicted molar refractivity (Wildman–Crippen MR) is 89.5 cm³/mol. The van der Waals surface area contributed by atoms with Crippen LogP contribution in [0.3, 0.4) is 0 Å². The summed E-state index contributed by atoms with van der Waals surface area (Å²) in [6.45, 7) is 0.244. The van der Waals surface area contributed by atoms with Crippen molar-refractivity contribution < 1.29 is 22.3 Å². The van der Waals surface area contributed by atoms with Gasteiger partial charge in [0.25, 0.3) is 0 Å². The van der Waals surface area contributed by atoms with E-state index < -0.39 is 15.8 Å². The van der Waals surface area contributed by atoms with E-state index in [2.05, 4.69) is 4.72 Å². The highest BCUT2D eigenvalue weighted by molar-refractivity contribution is 7.89. The number of benzene rings is 2. The molecule has 0 aliphatic heterocycles. The van der Waals surface area contributed by atoms with Crippen LogP contribution in [-0.2, 0) is 16.4 Å². The molecule has 7 heteroatoms. The van der Waals surface area contributed by atoms with E-state index in [1.54, 1.807) is 7.11 Å². The standard InChI is InChI=1S/C17H20FNO4S/c1-22-16-8-4-3-6-13(16)7-5-11-19-24(20,21)14-9-10-17(23-2)15(18)12-14/h3-4,6,8-10,12,19H,5,7,11H2,1-2H3. The fraction of sp³-hybridized carbons (Fsp3) is 0.294. The van der Waals surface area contributed by atoms with Crippen LogP contribution in [0.15, 0.2) is 47.4 Å². The summed E-state index contributed by atoms with van der Waals surface area (Å²) in [5.74, 6) is 0.0668. The molecule has 0 saturated carbocycles. The van der Waals surface area contributed by atoms with E-state index in [0.29, 0.717) is 12.8 Å². The number of aryl methyl sites for hydroxylation is 1. The van der Waals surface area contributed by atoms with Gasteiger partial charge in [-0.25, -0.2) is 17.5 Å². The molecule has 0 aliphatic carbocycles. The SMILES string of the molecule is COc1ccc(S(=O)(=O)NCCCc2ccccc2OC)cc1F. The van der Waals surface area contributed by atoms with Crippen LogP contribution in [0.2, 0.25) is 0 Å². The first-order chi connectivity index (χ1) is 11.5. The van der Waals surface area contributed by atoms with Gasteiger partial charge in [0.2, 0.25) is 10.0 Å². The molecule has 0 saturated heterocycles. The molecule has 0 fully saturated rings. The molecule has 0 bridgehead atoms.